The topological polar surface area (TPSA) is 59.2 Å². The summed E-state index contributed by atoms with van der Waals surface area (Å²) in [6, 6.07) is 0.352. The van der Waals surface area contributed by atoms with Crippen LogP contribution in [0, 0.1) is 0 Å². The first kappa shape index (κ1) is 16.7. The van der Waals surface area contributed by atoms with E-state index in [1.54, 1.807) is 11.2 Å². The Labute approximate surface area is 142 Å². The van der Waals surface area contributed by atoms with Gasteiger partial charge < -0.3 is 9.47 Å². The number of amides is 1. The van der Waals surface area contributed by atoms with Gasteiger partial charge in [-0.15, -0.1) is 0 Å². The Balaban J connectivity index is 1.82. The van der Waals surface area contributed by atoms with Crippen molar-refractivity contribution in [2.45, 2.75) is 38.9 Å². The van der Waals surface area contributed by atoms with Crippen molar-refractivity contribution in [1.82, 2.24) is 29.1 Å². The molecule has 0 bridgehead atoms. The van der Waals surface area contributed by atoms with Crippen molar-refractivity contribution >= 4 is 5.91 Å². The van der Waals surface area contributed by atoms with Gasteiger partial charge in [0.05, 0.1) is 29.8 Å². The summed E-state index contributed by atoms with van der Waals surface area (Å²) in [4.78, 5) is 21.1. The van der Waals surface area contributed by atoms with Gasteiger partial charge >= 0.3 is 0 Å². The highest BCUT2D eigenvalue weighted by molar-refractivity contribution is 5.83. The molecule has 7 heteroatoms. The van der Waals surface area contributed by atoms with Crippen LogP contribution in [0.2, 0.25) is 0 Å². The average Bonchev–Trinajstić information content (AvgIpc) is 3.13. The molecular formula is C17H26N6O. The predicted octanol–water partition coefficient (Wildman–Crippen LogP) is 1.39. The summed E-state index contributed by atoms with van der Waals surface area (Å²) >= 11 is 0. The fourth-order valence-corrected chi connectivity index (χ4v) is 3.30. The lowest BCUT2D eigenvalue weighted by atomic mass is 9.96. The van der Waals surface area contributed by atoms with Gasteiger partial charge in [-0.3, -0.25) is 14.4 Å². The van der Waals surface area contributed by atoms with Gasteiger partial charge in [0.1, 0.15) is 0 Å². The highest BCUT2D eigenvalue weighted by Crippen LogP contribution is 2.29. The second-order valence-electron chi connectivity index (χ2n) is 7.06. The first-order chi connectivity index (χ1) is 11.4. The lowest BCUT2D eigenvalue weighted by molar-refractivity contribution is -0.131. The number of aromatic nitrogens is 4. The van der Waals surface area contributed by atoms with Crippen LogP contribution >= 0.6 is 0 Å². The largest absolute Gasteiger partial charge is 0.348 e. The molecule has 1 atom stereocenters. The molecule has 0 aromatic carbocycles. The Kier molecular flexibility index (Phi) is 4.45. The van der Waals surface area contributed by atoms with Crippen molar-refractivity contribution in [1.29, 1.82) is 0 Å². The molecule has 3 heterocycles. The van der Waals surface area contributed by atoms with Gasteiger partial charge in [0.15, 0.2) is 0 Å². The molecular weight excluding hydrogens is 304 g/mol. The molecule has 0 saturated heterocycles. The number of likely N-dealkylation sites (N-methyl/N-ethyl adjacent to an activating group) is 1. The molecule has 1 aliphatic rings. The van der Waals surface area contributed by atoms with Crippen LogP contribution in [0.1, 0.15) is 42.8 Å². The van der Waals surface area contributed by atoms with Gasteiger partial charge in [-0.05, 0) is 13.8 Å². The van der Waals surface area contributed by atoms with Gasteiger partial charge in [-0.1, -0.05) is 0 Å². The molecule has 1 unspecified atom stereocenters. The molecule has 0 saturated carbocycles. The van der Waals surface area contributed by atoms with Gasteiger partial charge in [-0.2, -0.15) is 5.10 Å². The van der Waals surface area contributed by atoms with E-state index in [0.717, 1.165) is 24.5 Å². The number of nitrogens with zero attached hydrogens (tertiary/aromatic N) is 6. The third kappa shape index (κ3) is 3.08. The zero-order valence-electron chi connectivity index (χ0n) is 15.1. The van der Waals surface area contributed by atoms with Crippen molar-refractivity contribution < 1.29 is 4.79 Å². The first-order valence-corrected chi connectivity index (χ1v) is 8.33. The SMILES string of the molecule is CC(C)n1cc(CN2Cc3ncn(C)c3C(C(=O)N(C)C)C2)cn1. The molecule has 3 rings (SSSR count). The highest BCUT2D eigenvalue weighted by atomic mass is 16.2. The third-order valence-corrected chi connectivity index (χ3v) is 4.54. The molecule has 2 aromatic heterocycles. The molecule has 1 amide bonds. The van der Waals surface area contributed by atoms with Crippen LogP contribution in [-0.4, -0.2) is 55.7 Å². The average molecular weight is 330 g/mol. The number of fused-ring (bicyclic) bond motifs is 1. The van der Waals surface area contributed by atoms with Crippen LogP contribution in [0.5, 0.6) is 0 Å². The molecule has 0 N–H and O–H groups in total. The van der Waals surface area contributed by atoms with Crippen molar-refractivity contribution in [2.24, 2.45) is 7.05 Å². The van der Waals surface area contributed by atoms with E-state index >= 15 is 0 Å². The molecule has 0 fully saturated rings. The zero-order chi connectivity index (χ0) is 17.4. The number of rotatable bonds is 4. The minimum Gasteiger partial charge on any atom is -0.348 e. The number of imidazole rings is 1. The maximum atomic E-state index is 12.6. The van der Waals surface area contributed by atoms with Crippen LogP contribution in [0.3, 0.4) is 0 Å². The monoisotopic (exact) mass is 330 g/mol. The normalized spacial score (nSPS) is 18.0. The predicted molar refractivity (Wildman–Crippen MR) is 91.4 cm³/mol. The summed E-state index contributed by atoms with van der Waals surface area (Å²) in [6.07, 6.45) is 5.80. The van der Waals surface area contributed by atoms with E-state index in [-0.39, 0.29) is 11.8 Å². The van der Waals surface area contributed by atoms with E-state index in [1.807, 2.05) is 36.6 Å². The summed E-state index contributed by atoms with van der Waals surface area (Å²) in [5.74, 6) is -0.0428. The summed E-state index contributed by atoms with van der Waals surface area (Å²) < 4.78 is 3.95. The Hall–Kier alpha value is -2.15. The van der Waals surface area contributed by atoms with Gasteiger partial charge in [0.2, 0.25) is 5.91 Å². The second kappa shape index (κ2) is 6.39. The standard InChI is InChI=1S/C17H26N6O/c1-12(2)23-8-13(6-19-23)7-22-9-14(17(24)20(3)4)16-15(10-22)18-11-21(16)5/h6,8,11-12,14H,7,9-10H2,1-5H3. The summed E-state index contributed by atoms with van der Waals surface area (Å²) in [7, 11) is 5.58. The molecule has 2 aromatic rings. The maximum Gasteiger partial charge on any atom is 0.232 e. The van der Waals surface area contributed by atoms with E-state index in [0.29, 0.717) is 12.6 Å². The van der Waals surface area contributed by atoms with E-state index < -0.39 is 0 Å². The number of carbonyl (C=O) groups is 1. The molecule has 1 aliphatic heterocycles. The van der Waals surface area contributed by atoms with Crippen molar-refractivity contribution in [3.63, 3.8) is 0 Å². The van der Waals surface area contributed by atoms with Crippen molar-refractivity contribution in [3.05, 3.63) is 35.7 Å². The lowest BCUT2D eigenvalue weighted by Gasteiger charge is -2.33. The minimum absolute atomic E-state index is 0.127. The fourth-order valence-electron chi connectivity index (χ4n) is 3.30. The summed E-state index contributed by atoms with van der Waals surface area (Å²) in [5.41, 5.74) is 3.21. The lowest BCUT2D eigenvalue weighted by Crippen LogP contribution is -2.41. The van der Waals surface area contributed by atoms with Crippen LogP contribution in [0.4, 0.5) is 0 Å². The smallest absolute Gasteiger partial charge is 0.232 e. The van der Waals surface area contributed by atoms with Crippen LogP contribution in [0.25, 0.3) is 0 Å². The quantitative estimate of drug-likeness (QED) is 0.850. The Morgan fingerprint density at radius 1 is 1.42 bits per heavy atom. The van der Waals surface area contributed by atoms with Crippen LogP contribution < -0.4 is 0 Å². The highest BCUT2D eigenvalue weighted by Gasteiger charge is 2.34. The Bertz CT molecular complexity index is 729. The number of hydrogen-bond donors (Lipinski definition) is 0. The number of hydrogen-bond acceptors (Lipinski definition) is 4. The fraction of sp³-hybridized carbons (Fsp3) is 0.588. The van der Waals surface area contributed by atoms with E-state index in [9.17, 15) is 4.79 Å². The molecule has 0 aliphatic carbocycles. The molecule has 0 spiro atoms. The molecule has 130 valence electrons. The van der Waals surface area contributed by atoms with Gasteiger partial charge in [-0.25, -0.2) is 4.98 Å². The Morgan fingerprint density at radius 3 is 2.79 bits per heavy atom. The molecule has 7 nitrogen and oxygen atoms in total. The first-order valence-electron chi connectivity index (χ1n) is 8.33. The third-order valence-electron chi connectivity index (χ3n) is 4.54. The summed E-state index contributed by atoms with van der Waals surface area (Å²) in [5, 5.41) is 4.41. The second-order valence-corrected chi connectivity index (χ2v) is 7.06. The minimum atomic E-state index is -0.170. The number of carbonyl (C=O) groups excluding carboxylic acids is 1. The van der Waals surface area contributed by atoms with E-state index in [2.05, 4.69) is 35.0 Å². The molecule has 24 heavy (non-hydrogen) atoms. The van der Waals surface area contributed by atoms with Crippen molar-refractivity contribution in [2.75, 3.05) is 20.6 Å². The zero-order valence-corrected chi connectivity index (χ0v) is 15.1. The van der Waals surface area contributed by atoms with Gasteiger partial charge in [0, 0.05) is 58.6 Å². The van der Waals surface area contributed by atoms with Crippen LogP contribution in [0.15, 0.2) is 18.7 Å². The van der Waals surface area contributed by atoms with E-state index in [1.165, 1.54) is 5.56 Å². The molecule has 0 radical (unpaired) electrons. The van der Waals surface area contributed by atoms with E-state index in [4.69, 9.17) is 0 Å². The Morgan fingerprint density at radius 2 is 2.17 bits per heavy atom. The van der Waals surface area contributed by atoms with Crippen LogP contribution in [-0.2, 0) is 24.9 Å². The summed E-state index contributed by atoms with van der Waals surface area (Å²) in [6.45, 7) is 6.48. The van der Waals surface area contributed by atoms with Gasteiger partial charge in [0.25, 0.3) is 0 Å². The number of aryl methyl sites for hydroxylation is 1. The maximum absolute atomic E-state index is 12.6. The van der Waals surface area contributed by atoms with Crippen molar-refractivity contribution in [3.8, 4) is 0 Å².